The Morgan fingerprint density at radius 1 is 1.04 bits per heavy atom. The van der Waals surface area contributed by atoms with Crippen molar-refractivity contribution in [3.8, 4) is 0 Å². The van der Waals surface area contributed by atoms with E-state index in [2.05, 4.69) is 5.32 Å². The number of rotatable bonds is 5. The molecule has 0 saturated carbocycles. The fraction of sp³-hybridized carbons (Fsp3) is 0.278. The number of ketones is 1. The molecule has 6 heteroatoms. The van der Waals surface area contributed by atoms with Crippen molar-refractivity contribution in [3.05, 3.63) is 51.2 Å². The van der Waals surface area contributed by atoms with Gasteiger partial charge in [0.25, 0.3) is 5.91 Å². The largest absolute Gasteiger partial charge is 0.332 e. The molecule has 1 aromatic heterocycles. The standard InChI is InChI=1S/C18H20N2O3S/c1-11-6-5-7-12(2)17(11)19-16(22)10-20(4)18(23)15-9-8-14(24-15)13(3)21/h5-9H,10H2,1-4H3,(H,19,22). The summed E-state index contributed by atoms with van der Waals surface area (Å²) in [5.41, 5.74) is 2.72. The summed E-state index contributed by atoms with van der Waals surface area (Å²) >= 11 is 1.14. The number of carbonyl (C=O) groups excluding carboxylic acids is 3. The number of nitrogens with one attached hydrogen (secondary N) is 1. The predicted molar refractivity (Wildman–Crippen MR) is 95.8 cm³/mol. The Balaban J connectivity index is 2.02. The van der Waals surface area contributed by atoms with Gasteiger partial charge in [-0.05, 0) is 44.0 Å². The van der Waals surface area contributed by atoms with E-state index in [4.69, 9.17) is 0 Å². The third-order valence-electron chi connectivity index (χ3n) is 3.64. The maximum Gasteiger partial charge on any atom is 0.264 e. The molecule has 0 bridgehead atoms. The highest BCUT2D eigenvalue weighted by Gasteiger charge is 2.18. The molecular formula is C18H20N2O3S. The normalized spacial score (nSPS) is 10.3. The number of para-hydroxylation sites is 1. The second-order valence-corrected chi connectivity index (χ2v) is 6.78. The molecule has 0 unspecified atom stereocenters. The molecule has 126 valence electrons. The highest BCUT2D eigenvalue weighted by Crippen LogP contribution is 2.20. The van der Waals surface area contributed by atoms with Crippen LogP contribution in [0.15, 0.2) is 30.3 Å². The summed E-state index contributed by atoms with van der Waals surface area (Å²) in [6, 6.07) is 9.02. The molecule has 0 saturated heterocycles. The van der Waals surface area contributed by atoms with Crippen LogP contribution in [0.25, 0.3) is 0 Å². The molecule has 2 amide bonds. The van der Waals surface area contributed by atoms with E-state index in [-0.39, 0.29) is 24.1 Å². The zero-order valence-electron chi connectivity index (χ0n) is 14.2. The van der Waals surface area contributed by atoms with E-state index in [0.29, 0.717) is 9.75 Å². The van der Waals surface area contributed by atoms with Crippen LogP contribution in [0.2, 0.25) is 0 Å². The molecule has 2 rings (SSSR count). The van der Waals surface area contributed by atoms with Gasteiger partial charge >= 0.3 is 0 Å². The molecule has 0 aliphatic heterocycles. The number of Topliss-reactive ketones (excluding diaryl/α,β-unsaturated/α-hetero) is 1. The molecule has 1 aromatic carbocycles. The molecule has 1 heterocycles. The minimum absolute atomic E-state index is 0.0556. The molecule has 0 fully saturated rings. The van der Waals surface area contributed by atoms with E-state index < -0.39 is 0 Å². The molecule has 0 aliphatic carbocycles. The van der Waals surface area contributed by atoms with Crippen molar-refractivity contribution >= 4 is 34.6 Å². The molecule has 1 N–H and O–H groups in total. The van der Waals surface area contributed by atoms with Gasteiger partial charge in [0, 0.05) is 12.7 Å². The van der Waals surface area contributed by atoms with Gasteiger partial charge in [-0.1, -0.05) is 18.2 Å². The summed E-state index contributed by atoms with van der Waals surface area (Å²) in [5, 5.41) is 2.86. The zero-order valence-corrected chi connectivity index (χ0v) is 15.0. The lowest BCUT2D eigenvalue weighted by atomic mass is 10.1. The van der Waals surface area contributed by atoms with Crippen molar-refractivity contribution in [2.45, 2.75) is 20.8 Å². The zero-order chi connectivity index (χ0) is 17.9. The van der Waals surface area contributed by atoms with Gasteiger partial charge in [-0.3, -0.25) is 14.4 Å². The van der Waals surface area contributed by atoms with E-state index in [0.717, 1.165) is 28.2 Å². The van der Waals surface area contributed by atoms with E-state index in [1.165, 1.54) is 11.8 Å². The summed E-state index contributed by atoms with van der Waals surface area (Å²) in [7, 11) is 1.57. The van der Waals surface area contributed by atoms with Gasteiger partial charge in [0.1, 0.15) is 0 Å². The van der Waals surface area contributed by atoms with Crippen molar-refractivity contribution in [1.82, 2.24) is 4.90 Å². The number of hydrogen-bond donors (Lipinski definition) is 1. The van der Waals surface area contributed by atoms with Crippen LogP contribution in [0.3, 0.4) is 0 Å². The first kappa shape index (κ1) is 17.9. The van der Waals surface area contributed by atoms with Crippen molar-refractivity contribution in [2.75, 3.05) is 18.9 Å². The SMILES string of the molecule is CC(=O)c1ccc(C(=O)N(C)CC(=O)Nc2c(C)cccc2C)s1. The van der Waals surface area contributed by atoms with Gasteiger partial charge in [-0.2, -0.15) is 0 Å². The van der Waals surface area contributed by atoms with E-state index in [1.54, 1.807) is 19.2 Å². The Labute approximate surface area is 145 Å². The van der Waals surface area contributed by atoms with Crippen LogP contribution in [0.4, 0.5) is 5.69 Å². The van der Waals surface area contributed by atoms with Crippen molar-refractivity contribution < 1.29 is 14.4 Å². The number of carbonyl (C=O) groups is 3. The number of benzene rings is 1. The molecule has 5 nitrogen and oxygen atoms in total. The highest BCUT2D eigenvalue weighted by atomic mass is 32.1. The maximum atomic E-state index is 12.3. The molecule has 0 radical (unpaired) electrons. The summed E-state index contributed by atoms with van der Waals surface area (Å²) in [5.74, 6) is -0.606. The predicted octanol–water partition coefficient (Wildman–Crippen LogP) is 3.28. The highest BCUT2D eigenvalue weighted by molar-refractivity contribution is 7.15. The average molecular weight is 344 g/mol. The quantitative estimate of drug-likeness (QED) is 0.847. The van der Waals surface area contributed by atoms with Gasteiger partial charge in [0.2, 0.25) is 5.91 Å². The third kappa shape index (κ3) is 4.08. The lowest BCUT2D eigenvalue weighted by molar-refractivity contribution is -0.116. The topological polar surface area (TPSA) is 66.5 Å². The van der Waals surface area contributed by atoms with Crippen LogP contribution < -0.4 is 5.32 Å². The van der Waals surface area contributed by atoms with E-state index >= 15 is 0 Å². The summed E-state index contributed by atoms with van der Waals surface area (Å²) in [6.07, 6.45) is 0. The number of hydrogen-bond acceptors (Lipinski definition) is 4. The molecule has 2 aromatic rings. The van der Waals surface area contributed by atoms with Gasteiger partial charge in [0.05, 0.1) is 16.3 Å². The minimum Gasteiger partial charge on any atom is -0.332 e. The lowest BCUT2D eigenvalue weighted by Crippen LogP contribution is -2.34. The van der Waals surface area contributed by atoms with Crippen molar-refractivity contribution in [1.29, 1.82) is 0 Å². The number of nitrogens with zero attached hydrogens (tertiary/aromatic N) is 1. The summed E-state index contributed by atoms with van der Waals surface area (Å²) in [6.45, 7) is 5.25. The van der Waals surface area contributed by atoms with Crippen LogP contribution in [-0.4, -0.2) is 36.1 Å². The Morgan fingerprint density at radius 2 is 1.62 bits per heavy atom. The molecule has 0 spiro atoms. The van der Waals surface area contributed by atoms with Crippen molar-refractivity contribution in [3.63, 3.8) is 0 Å². The maximum absolute atomic E-state index is 12.3. The Hall–Kier alpha value is -2.47. The van der Waals surface area contributed by atoms with Gasteiger partial charge < -0.3 is 10.2 Å². The molecule has 0 aliphatic rings. The van der Waals surface area contributed by atoms with Crippen LogP contribution in [-0.2, 0) is 4.79 Å². The summed E-state index contributed by atoms with van der Waals surface area (Å²) in [4.78, 5) is 38.2. The fourth-order valence-corrected chi connectivity index (χ4v) is 3.20. The van der Waals surface area contributed by atoms with Crippen LogP contribution >= 0.6 is 11.3 Å². The van der Waals surface area contributed by atoms with Gasteiger partial charge in [-0.15, -0.1) is 11.3 Å². The Morgan fingerprint density at radius 3 is 2.17 bits per heavy atom. The second kappa shape index (κ2) is 7.40. The fourth-order valence-electron chi connectivity index (χ4n) is 2.31. The Kier molecular flexibility index (Phi) is 5.51. The molecular weight excluding hydrogens is 324 g/mol. The van der Waals surface area contributed by atoms with Gasteiger partial charge in [-0.25, -0.2) is 0 Å². The van der Waals surface area contributed by atoms with E-state index in [9.17, 15) is 14.4 Å². The molecule has 0 atom stereocenters. The third-order valence-corrected chi connectivity index (χ3v) is 4.81. The number of aryl methyl sites for hydroxylation is 2. The number of anilines is 1. The Bertz CT molecular complexity index is 775. The molecule has 24 heavy (non-hydrogen) atoms. The van der Waals surface area contributed by atoms with Gasteiger partial charge in [0.15, 0.2) is 5.78 Å². The van der Waals surface area contributed by atoms with Crippen LogP contribution in [0.1, 0.15) is 37.4 Å². The first-order valence-electron chi connectivity index (χ1n) is 7.52. The van der Waals surface area contributed by atoms with Crippen molar-refractivity contribution in [2.24, 2.45) is 0 Å². The van der Waals surface area contributed by atoms with Crippen LogP contribution in [0.5, 0.6) is 0 Å². The smallest absolute Gasteiger partial charge is 0.264 e. The number of likely N-dealkylation sites (N-methyl/N-ethyl adjacent to an activating group) is 1. The number of thiophene rings is 1. The lowest BCUT2D eigenvalue weighted by Gasteiger charge is -2.17. The minimum atomic E-state index is -0.274. The summed E-state index contributed by atoms with van der Waals surface area (Å²) < 4.78 is 0. The van der Waals surface area contributed by atoms with Crippen LogP contribution in [0, 0.1) is 13.8 Å². The monoisotopic (exact) mass is 344 g/mol. The first-order valence-corrected chi connectivity index (χ1v) is 8.33. The number of amides is 2. The second-order valence-electron chi connectivity index (χ2n) is 5.70. The average Bonchev–Trinajstić information content (AvgIpc) is 3.00. The van der Waals surface area contributed by atoms with E-state index in [1.807, 2.05) is 32.0 Å². The first-order chi connectivity index (χ1) is 11.3.